The second kappa shape index (κ2) is 18.0. The summed E-state index contributed by atoms with van der Waals surface area (Å²) < 4.78 is 15.3. The summed E-state index contributed by atoms with van der Waals surface area (Å²) in [5.41, 5.74) is 7.63. The predicted molar refractivity (Wildman–Crippen MR) is 210 cm³/mol. The van der Waals surface area contributed by atoms with E-state index in [1.165, 1.54) is 0 Å². The number of aliphatic hydroxyl groups excluding tert-OH is 1. The van der Waals surface area contributed by atoms with Crippen LogP contribution in [-0.2, 0) is 32.2 Å². The van der Waals surface area contributed by atoms with Gasteiger partial charge >= 0.3 is 11.7 Å². The minimum atomic E-state index is -0.808. The Morgan fingerprint density at radius 2 is 1.53 bits per heavy atom. The second-order valence-electron chi connectivity index (χ2n) is 14.7. The maximum Gasteiger partial charge on any atom is 0.326 e. The number of para-hydroxylation sites is 2. The summed E-state index contributed by atoms with van der Waals surface area (Å²) in [7, 11) is 0. The van der Waals surface area contributed by atoms with Gasteiger partial charge in [-0.3, -0.25) is 14.2 Å². The minimum Gasteiger partial charge on any atom is -0.481 e. The van der Waals surface area contributed by atoms with Gasteiger partial charge in [0.15, 0.2) is 6.29 Å². The fraction of sp³-hybridized carbons (Fsp3) is 0.386. The number of H-pyrrole nitrogens is 1. The first-order chi connectivity index (χ1) is 26.8. The maximum atomic E-state index is 12.9. The number of hydrogen-bond donors (Lipinski definition) is 4. The smallest absolute Gasteiger partial charge is 0.326 e. The molecule has 11 nitrogen and oxygen atoms in total. The monoisotopic (exact) mass is 746 g/mol. The van der Waals surface area contributed by atoms with Gasteiger partial charge < -0.3 is 34.9 Å². The van der Waals surface area contributed by atoms with Gasteiger partial charge in [0.2, 0.25) is 5.91 Å². The van der Waals surface area contributed by atoms with Gasteiger partial charge in [-0.2, -0.15) is 0 Å². The van der Waals surface area contributed by atoms with Crippen LogP contribution in [0.1, 0.15) is 92.1 Å². The number of nitrogens with zero attached hydrogens (tertiary/aromatic N) is 2. The zero-order valence-corrected chi connectivity index (χ0v) is 31.1. The first-order valence-corrected chi connectivity index (χ1v) is 19.4. The van der Waals surface area contributed by atoms with E-state index < -0.39 is 12.3 Å². The molecule has 288 valence electrons. The lowest BCUT2D eigenvalue weighted by molar-refractivity contribution is -0.253. The maximum absolute atomic E-state index is 12.9. The van der Waals surface area contributed by atoms with Crippen LogP contribution in [0.4, 0.5) is 0 Å². The normalized spacial score (nSPS) is 19.4. The summed E-state index contributed by atoms with van der Waals surface area (Å²) in [4.78, 5) is 41.6. The average Bonchev–Trinajstić information content (AvgIpc) is 3.55. The molecular weight excluding hydrogens is 697 g/mol. The topological polar surface area (TPSA) is 146 Å². The van der Waals surface area contributed by atoms with Gasteiger partial charge in [-0.25, -0.2) is 4.79 Å². The van der Waals surface area contributed by atoms with Gasteiger partial charge in [0.25, 0.3) is 0 Å². The molecule has 0 radical (unpaired) electrons. The van der Waals surface area contributed by atoms with Crippen LogP contribution in [0.5, 0.6) is 0 Å². The first kappa shape index (κ1) is 38.2. The lowest BCUT2D eigenvalue weighted by atomic mass is 9.97. The summed E-state index contributed by atoms with van der Waals surface area (Å²) >= 11 is 0. The Hall–Kier alpha value is -5.07. The van der Waals surface area contributed by atoms with Crippen molar-refractivity contribution in [2.75, 3.05) is 19.6 Å². The van der Waals surface area contributed by atoms with Crippen LogP contribution in [0, 0.1) is 0 Å². The van der Waals surface area contributed by atoms with Gasteiger partial charge in [-0.05, 0) is 65.6 Å². The fourth-order valence-corrected chi connectivity index (χ4v) is 7.91. The highest BCUT2D eigenvalue weighted by Crippen LogP contribution is 2.39. The number of fused-ring (bicyclic) bond motifs is 1. The Morgan fingerprint density at radius 3 is 2.29 bits per heavy atom. The number of carboxylic acid groups (broad SMARTS) is 1. The van der Waals surface area contributed by atoms with Crippen LogP contribution in [0.25, 0.3) is 22.2 Å². The summed E-state index contributed by atoms with van der Waals surface area (Å²) in [5.74, 6) is -0.853. The number of aromatic nitrogens is 2. The SMILES string of the molecule is O=C(O)CCCCCC(=O)NCc1ccccc1-c1ccc(C2OC(CN3CCC(n4c(=O)[nH]c5ccccc54)CC3)CC(c3ccc(CO)cc3)O2)cc1. The number of nitrogens with one attached hydrogen (secondary N) is 2. The molecule has 0 bridgehead atoms. The van der Waals surface area contributed by atoms with Crippen LogP contribution in [0.2, 0.25) is 0 Å². The van der Waals surface area contributed by atoms with E-state index in [1.807, 2.05) is 83.4 Å². The molecule has 3 unspecified atom stereocenters. The van der Waals surface area contributed by atoms with E-state index in [4.69, 9.17) is 14.6 Å². The van der Waals surface area contributed by atoms with Crippen molar-refractivity contribution in [2.24, 2.45) is 0 Å². The molecule has 3 heterocycles. The molecule has 5 aromatic rings. The first-order valence-electron chi connectivity index (χ1n) is 19.4. The third-order valence-corrected chi connectivity index (χ3v) is 10.9. The average molecular weight is 747 g/mol. The van der Waals surface area contributed by atoms with Crippen molar-refractivity contribution in [3.05, 3.63) is 130 Å². The van der Waals surface area contributed by atoms with E-state index in [1.54, 1.807) is 0 Å². The number of piperidine rings is 1. The number of aliphatic carboxylic acids is 1. The fourth-order valence-electron chi connectivity index (χ4n) is 7.91. The zero-order chi connectivity index (χ0) is 38.1. The molecule has 7 rings (SSSR count). The van der Waals surface area contributed by atoms with Crippen LogP contribution in [0.15, 0.2) is 102 Å². The Balaban J connectivity index is 1.01. The molecule has 2 saturated heterocycles. The number of hydrogen-bond acceptors (Lipinski definition) is 7. The van der Waals surface area contributed by atoms with Crippen LogP contribution < -0.4 is 11.0 Å². The molecule has 4 N–H and O–H groups in total. The lowest BCUT2D eigenvalue weighted by Crippen LogP contribution is -2.43. The number of imidazole rings is 1. The Labute approximate surface area is 320 Å². The largest absolute Gasteiger partial charge is 0.481 e. The van der Waals surface area contributed by atoms with Gasteiger partial charge in [0.1, 0.15) is 0 Å². The highest BCUT2D eigenvalue weighted by Gasteiger charge is 2.34. The molecule has 0 aliphatic carbocycles. The lowest BCUT2D eigenvalue weighted by Gasteiger charge is -2.40. The van der Waals surface area contributed by atoms with Crippen LogP contribution in [-0.4, -0.2) is 62.3 Å². The van der Waals surface area contributed by atoms with E-state index in [2.05, 4.69) is 33.4 Å². The summed E-state index contributed by atoms with van der Waals surface area (Å²) in [6, 6.07) is 32.2. The van der Waals surface area contributed by atoms with E-state index in [9.17, 15) is 19.5 Å². The van der Waals surface area contributed by atoms with E-state index in [-0.39, 0.29) is 42.9 Å². The number of rotatable bonds is 15. The summed E-state index contributed by atoms with van der Waals surface area (Å²) in [6.45, 7) is 2.85. The number of benzene rings is 4. The van der Waals surface area contributed by atoms with Gasteiger partial charge in [-0.15, -0.1) is 0 Å². The molecule has 2 fully saturated rings. The highest BCUT2D eigenvalue weighted by atomic mass is 16.7. The molecule has 2 aliphatic heterocycles. The minimum absolute atomic E-state index is 0.0151. The third kappa shape index (κ3) is 9.60. The Morgan fingerprint density at radius 1 is 0.818 bits per heavy atom. The van der Waals surface area contributed by atoms with Crippen LogP contribution in [0.3, 0.4) is 0 Å². The second-order valence-corrected chi connectivity index (χ2v) is 14.7. The van der Waals surface area contributed by atoms with Crippen molar-refractivity contribution in [1.29, 1.82) is 0 Å². The molecule has 11 heteroatoms. The van der Waals surface area contributed by atoms with E-state index in [0.29, 0.717) is 38.6 Å². The number of carbonyl (C=O) groups excluding carboxylic acids is 1. The standard InChI is InChI=1S/C44H50N4O7/c49-29-30-14-16-32(17-15-30)40-26-36(28-47-24-22-35(23-25-47)48-39-11-7-6-10-38(39)46-44(48)53)54-43(55-40)33-20-18-31(19-21-33)37-9-5-4-8-34(37)27-45-41(50)12-2-1-3-13-42(51)52/h4-11,14-21,35-36,40,43,49H,1-3,12-13,22-29H2,(H,45,50)(H,46,53)(H,51,52). The number of amides is 1. The van der Waals surface area contributed by atoms with Crippen molar-refractivity contribution < 1.29 is 29.3 Å². The molecule has 1 aromatic heterocycles. The molecule has 0 spiro atoms. The van der Waals surface area contributed by atoms with Crippen molar-refractivity contribution in [3.8, 4) is 11.1 Å². The number of likely N-dealkylation sites (tertiary alicyclic amines) is 1. The predicted octanol–water partition coefficient (Wildman–Crippen LogP) is 7.02. The molecule has 1 amide bonds. The number of carboxylic acids is 1. The molecule has 0 saturated carbocycles. The number of ether oxygens (including phenoxy) is 2. The van der Waals surface area contributed by atoms with Crippen LogP contribution >= 0.6 is 0 Å². The van der Waals surface area contributed by atoms with Crippen molar-refractivity contribution in [2.45, 2.75) is 89.1 Å². The van der Waals surface area contributed by atoms with E-state index in [0.717, 1.165) is 76.9 Å². The van der Waals surface area contributed by atoms with Crippen molar-refractivity contribution in [1.82, 2.24) is 19.8 Å². The van der Waals surface area contributed by atoms with Crippen molar-refractivity contribution >= 4 is 22.9 Å². The Kier molecular flexibility index (Phi) is 12.5. The Bertz CT molecular complexity index is 2100. The van der Waals surface area contributed by atoms with E-state index >= 15 is 0 Å². The quantitative estimate of drug-likeness (QED) is 0.0837. The summed E-state index contributed by atoms with van der Waals surface area (Å²) in [5, 5.41) is 21.5. The zero-order valence-electron chi connectivity index (χ0n) is 31.1. The number of aromatic amines is 1. The molecule has 2 aliphatic rings. The molecule has 3 atom stereocenters. The third-order valence-electron chi connectivity index (χ3n) is 10.9. The molecule has 4 aromatic carbocycles. The number of unbranched alkanes of at least 4 members (excludes halogenated alkanes) is 2. The molecular formula is C44H50N4O7. The highest BCUT2D eigenvalue weighted by molar-refractivity contribution is 5.77. The number of aliphatic hydroxyl groups is 1. The van der Waals surface area contributed by atoms with Gasteiger partial charge in [0, 0.05) is 57.0 Å². The molecule has 55 heavy (non-hydrogen) atoms. The number of carbonyl (C=O) groups is 2. The van der Waals surface area contributed by atoms with Gasteiger partial charge in [-0.1, -0.05) is 91.3 Å². The van der Waals surface area contributed by atoms with Gasteiger partial charge in [0.05, 0.1) is 29.8 Å². The van der Waals surface area contributed by atoms with Crippen molar-refractivity contribution in [3.63, 3.8) is 0 Å². The summed E-state index contributed by atoms with van der Waals surface area (Å²) in [6.07, 6.45) is 4.03.